The SMILES string of the molecule is CC(=O)Nc1sc2c(c1C(=O)O[C@@H](C)C(=O)N1CCCCC1)CCCC2. The highest BCUT2D eigenvalue weighted by molar-refractivity contribution is 7.17. The Hall–Kier alpha value is -1.89. The van der Waals surface area contributed by atoms with E-state index in [1.807, 2.05) is 0 Å². The Balaban J connectivity index is 1.77. The molecule has 1 fully saturated rings. The van der Waals surface area contributed by atoms with Crippen LogP contribution in [0.5, 0.6) is 0 Å². The zero-order valence-corrected chi connectivity index (χ0v) is 16.2. The van der Waals surface area contributed by atoms with E-state index in [-0.39, 0.29) is 11.8 Å². The first-order chi connectivity index (χ1) is 12.5. The molecule has 0 radical (unpaired) electrons. The van der Waals surface area contributed by atoms with Gasteiger partial charge in [-0.15, -0.1) is 11.3 Å². The molecule has 2 heterocycles. The van der Waals surface area contributed by atoms with Crippen LogP contribution in [0.2, 0.25) is 0 Å². The van der Waals surface area contributed by atoms with Crippen molar-refractivity contribution < 1.29 is 19.1 Å². The van der Waals surface area contributed by atoms with E-state index < -0.39 is 12.1 Å². The molecule has 1 aliphatic heterocycles. The van der Waals surface area contributed by atoms with Crippen molar-refractivity contribution in [2.75, 3.05) is 18.4 Å². The van der Waals surface area contributed by atoms with E-state index in [1.165, 1.54) is 18.3 Å². The molecule has 0 spiro atoms. The number of piperidine rings is 1. The van der Waals surface area contributed by atoms with Gasteiger partial charge in [0.05, 0.1) is 5.56 Å². The highest BCUT2D eigenvalue weighted by Gasteiger charge is 2.30. The molecule has 7 heteroatoms. The monoisotopic (exact) mass is 378 g/mol. The molecule has 1 aliphatic carbocycles. The summed E-state index contributed by atoms with van der Waals surface area (Å²) in [6, 6.07) is 0. The maximum Gasteiger partial charge on any atom is 0.342 e. The van der Waals surface area contributed by atoms with Crippen molar-refractivity contribution >= 4 is 34.1 Å². The van der Waals surface area contributed by atoms with E-state index in [0.717, 1.165) is 68.5 Å². The van der Waals surface area contributed by atoms with Gasteiger partial charge in [0.25, 0.3) is 5.91 Å². The summed E-state index contributed by atoms with van der Waals surface area (Å²) in [7, 11) is 0. The molecular weight excluding hydrogens is 352 g/mol. The molecule has 0 aromatic carbocycles. The molecule has 2 amide bonds. The Labute approximate surface area is 157 Å². The number of aryl methyl sites for hydroxylation is 1. The molecule has 1 aromatic rings. The van der Waals surface area contributed by atoms with Crippen molar-refractivity contribution in [3.8, 4) is 0 Å². The summed E-state index contributed by atoms with van der Waals surface area (Å²) < 4.78 is 5.52. The van der Waals surface area contributed by atoms with Crippen molar-refractivity contribution in [1.29, 1.82) is 0 Å². The summed E-state index contributed by atoms with van der Waals surface area (Å²) in [4.78, 5) is 39.8. The van der Waals surface area contributed by atoms with Gasteiger partial charge in [0.2, 0.25) is 5.91 Å². The van der Waals surface area contributed by atoms with Crippen LogP contribution in [0.25, 0.3) is 0 Å². The fourth-order valence-electron chi connectivity index (χ4n) is 3.67. The smallest absolute Gasteiger partial charge is 0.342 e. The number of thiophene rings is 1. The maximum atomic E-state index is 12.8. The molecule has 2 aliphatic rings. The average Bonchev–Trinajstić information content (AvgIpc) is 2.98. The van der Waals surface area contributed by atoms with Gasteiger partial charge < -0.3 is 15.0 Å². The first-order valence-corrected chi connectivity index (χ1v) is 10.2. The number of nitrogens with one attached hydrogen (secondary N) is 1. The average molecular weight is 378 g/mol. The molecule has 6 nitrogen and oxygen atoms in total. The molecule has 0 bridgehead atoms. The minimum absolute atomic E-state index is 0.136. The fourth-order valence-corrected chi connectivity index (χ4v) is 4.99. The van der Waals surface area contributed by atoms with Crippen molar-refractivity contribution in [3.63, 3.8) is 0 Å². The highest BCUT2D eigenvalue weighted by atomic mass is 32.1. The van der Waals surface area contributed by atoms with Gasteiger partial charge >= 0.3 is 5.97 Å². The van der Waals surface area contributed by atoms with Crippen LogP contribution in [0.3, 0.4) is 0 Å². The lowest BCUT2D eigenvalue weighted by Crippen LogP contribution is -2.42. The van der Waals surface area contributed by atoms with Crippen LogP contribution >= 0.6 is 11.3 Å². The third kappa shape index (κ3) is 4.09. The number of hydrogen-bond acceptors (Lipinski definition) is 5. The Morgan fingerprint density at radius 1 is 1.08 bits per heavy atom. The summed E-state index contributed by atoms with van der Waals surface area (Å²) in [6.45, 7) is 4.51. The number of likely N-dealkylation sites (tertiary alicyclic amines) is 1. The number of carbonyl (C=O) groups is 3. The standard InChI is InChI=1S/C19H26N2O4S/c1-12(18(23)21-10-6-3-7-11-21)25-19(24)16-14-8-4-5-9-15(14)26-17(16)20-13(2)22/h12H,3-11H2,1-2H3,(H,20,22)/t12-/m0/s1. The number of ether oxygens (including phenoxy) is 1. The second-order valence-corrected chi connectivity index (χ2v) is 8.13. The van der Waals surface area contributed by atoms with Crippen LogP contribution in [0.15, 0.2) is 0 Å². The molecule has 1 N–H and O–H groups in total. The summed E-state index contributed by atoms with van der Waals surface area (Å²) in [5.41, 5.74) is 1.42. The molecule has 3 rings (SSSR count). The van der Waals surface area contributed by atoms with Gasteiger partial charge in [-0.3, -0.25) is 9.59 Å². The van der Waals surface area contributed by atoms with Crippen LogP contribution in [0.4, 0.5) is 5.00 Å². The summed E-state index contributed by atoms with van der Waals surface area (Å²) in [5.74, 6) is -0.857. The molecule has 1 aromatic heterocycles. The second kappa shape index (κ2) is 8.20. The largest absolute Gasteiger partial charge is 0.449 e. The van der Waals surface area contributed by atoms with E-state index >= 15 is 0 Å². The Kier molecular flexibility index (Phi) is 5.96. The molecule has 26 heavy (non-hydrogen) atoms. The zero-order chi connectivity index (χ0) is 18.7. The minimum atomic E-state index is -0.815. The van der Waals surface area contributed by atoms with Gasteiger partial charge in [-0.2, -0.15) is 0 Å². The van der Waals surface area contributed by atoms with Crippen LogP contribution in [0, 0.1) is 0 Å². The minimum Gasteiger partial charge on any atom is -0.449 e. The first kappa shape index (κ1) is 18.9. The van der Waals surface area contributed by atoms with E-state index in [1.54, 1.807) is 11.8 Å². The predicted octanol–water partition coefficient (Wildman–Crippen LogP) is 3.14. The third-order valence-corrected chi connectivity index (χ3v) is 6.17. The zero-order valence-electron chi connectivity index (χ0n) is 15.4. The summed E-state index contributed by atoms with van der Waals surface area (Å²) >= 11 is 1.45. The predicted molar refractivity (Wildman–Crippen MR) is 101 cm³/mol. The molecule has 1 saturated heterocycles. The number of hydrogen-bond donors (Lipinski definition) is 1. The molecule has 0 unspecified atom stereocenters. The number of carbonyl (C=O) groups excluding carboxylic acids is 3. The molecule has 142 valence electrons. The number of amides is 2. The van der Waals surface area contributed by atoms with Gasteiger partial charge in [-0.25, -0.2) is 4.79 Å². The summed E-state index contributed by atoms with van der Waals surface area (Å²) in [5, 5.41) is 3.31. The van der Waals surface area contributed by atoms with Crippen LogP contribution in [-0.2, 0) is 27.2 Å². The maximum absolute atomic E-state index is 12.8. The third-order valence-electron chi connectivity index (χ3n) is 4.96. The Bertz CT molecular complexity index is 707. The first-order valence-electron chi connectivity index (χ1n) is 9.39. The summed E-state index contributed by atoms with van der Waals surface area (Å²) in [6.07, 6.45) is 6.15. The molecule has 0 saturated carbocycles. The lowest BCUT2D eigenvalue weighted by molar-refractivity contribution is -0.140. The van der Waals surface area contributed by atoms with Crippen molar-refractivity contribution in [2.24, 2.45) is 0 Å². The number of fused-ring (bicyclic) bond motifs is 1. The number of rotatable bonds is 4. The molecular formula is C19H26N2O4S. The number of nitrogens with zero attached hydrogens (tertiary/aromatic N) is 1. The van der Waals surface area contributed by atoms with Crippen LogP contribution in [-0.4, -0.2) is 41.9 Å². The Morgan fingerprint density at radius 2 is 1.77 bits per heavy atom. The quantitative estimate of drug-likeness (QED) is 0.817. The van der Waals surface area contributed by atoms with Gasteiger partial charge in [-0.1, -0.05) is 0 Å². The highest BCUT2D eigenvalue weighted by Crippen LogP contribution is 2.38. The fraction of sp³-hybridized carbons (Fsp3) is 0.632. The van der Waals surface area contributed by atoms with E-state index in [4.69, 9.17) is 4.74 Å². The van der Waals surface area contributed by atoms with Crippen LogP contribution in [0.1, 0.15) is 66.8 Å². The van der Waals surface area contributed by atoms with Crippen molar-refractivity contribution in [2.45, 2.75) is 64.9 Å². The van der Waals surface area contributed by atoms with E-state index in [0.29, 0.717) is 10.6 Å². The number of anilines is 1. The van der Waals surface area contributed by atoms with Gasteiger partial charge in [0.1, 0.15) is 5.00 Å². The van der Waals surface area contributed by atoms with Gasteiger partial charge in [-0.05, 0) is 57.4 Å². The lowest BCUT2D eigenvalue weighted by atomic mass is 9.95. The number of esters is 1. The normalized spacial score (nSPS) is 18.0. The second-order valence-electron chi connectivity index (χ2n) is 7.03. The van der Waals surface area contributed by atoms with Crippen molar-refractivity contribution in [1.82, 2.24) is 4.90 Å². The van der Waals surface area contributed by atoms with Crippen LogP contribution < -0.4 is 5.32 Å². The Morgan fingerprint density at radius 3 is 2.46 bits per heavy atom. The lowest BCUT2D eigenvalue weighted by Gasteiger charge is -2.29. The van der Waals surface area contributed by atoms with Crippen molar-refractivity contribution in [3.05, 3.63) is 16.0 Å². The van der Waals surface area contributed by atoms with Gasteiger partial charge in [0.15, 0.2) is 6.10 Å². The topological polar surface area (TPSA) is 75.7 Å². The molecule has 1 atom stereocenters. The van der Waals surface area contributed by atoms with Gasteiger partial charge in [0, 0.05) is 24.9 Å². The van der Waals surface area contributed by atoms with E-state index in [9.17, 15) is 14.4 Å². The van der Waals surface area contributed by atoms with E-state index in [2.05, 4.69) is 5.32 Å².